The lowest BCUT2D eigenvalue weighted by Gasteiger charge is -2.41. The molecule has 17 nitrogen and oxygen atoms in total. The largest absolute Gasteiger partial charge is 0.489 e. The number of halogens is 4. The van der Waals surface area contributed by atoms with Crippen molar-refractivity contribution in [2.75, 3.05) is 80.8 Å². The third-order valence-corrected chi connectivity index (χ3v) is 15.8. The molecule has 0 unspecified atom stereocenters. The molecule has 2 saturated heterocycles. The highest BCUT2D eigenvalue weighted by molar-refractivity contribution is 7.91. The quantitative estimate of drug-likeness (QED) is 0.0899. The zero-order chi connectivity index (χ0) is 49.3. The molecule has 3 atom stereocenters. The monoisotopic (exact) mass is 1010 g/mol. The number of H-pyrrole nitrogens is 1. The molecule has 370 valence electrons. The van der Waals surface area contributed by atoms with Crippen molar-refractivity contribution >= 4 is 72.4 Å². The summed E-state index contributed by atoms with van der Waals surface area (Å²) in [5, 5.41) is 17.0. The zero-order valence-electron chi connectivity index (χ0n) is 38.2. The number of carbonyl (C=O) groups is 1. The number of amides is 1. The second-order valence-electron chi connectivity index (χ2n) is 19.0. The van der Waals surface area contributed by atoms with E-state index in [4.69, 9.17) is 36.3 Å². The Morgan fingerprint density at radius 2 is 1.80 bits per heavy atom. The van der Waals surface area contributed by atoms with Crippen molar-refractivity contribution in [1.29, 1.82) is 0 Å². The van der Waals surface area contributed by atoms with Gasteiger partial charge in [0.05, 0.1) is 59.2 Å². The van der Waals surface area contributed by atoms with E-state index in [9.17, 15) is 28.1 Å². The fourth-order valence-corrected chi connectivity index (χ4v) is 11.9. The van der Waals surface area contributed by atoms with Crippen molar-refractivity contribution in [1.82, 2.24) is 14.9 Å². The van der Waals surface area contributed by atoms with Crippen molar-refractivity contribution in [3.8, 4) is 11.6 Å². The number of nitro benzene ring substituents is 1. The number of hydrogen-bond donors (Lipinski definition) is 3. The van der Waals surface area contributed by atoms with E-state index in [0.717, 1.165) is 41.9 Å². The van der Waals surface area contributed by atoms with Crippen LogP contribution in [0, 0.1) is 15.5 Å². The molecule has 70 heavy (non-hydrogen) atoms. The number of piperazine rings is 1. The summed E-state index contributed by atoms with van der Waals surface area (Å²) in [6.45, 7) is 6.37. The molecule has 3 aromatic carbocycles. The van der Waals surface area contributed by atoms with Crippen LogP contribution in [0.1, 0.15) is 49.0 Å². The first-order valence-electron chi connectivity index (χ1n) is 22.9. The van der Waals surface area contributed by atoms with Gasteiger partial charge in [0.2, 0.25) is 21.8 Å². The molecule has 0 spiro atoms. The summed E-state index contributed by atoms with van der Waals surface area (Å²) in [7, 11) is -5.08. The van der Waals surface area contributed by atoms with Crippen LogP contribution in [0.3, 0.4) is 0 Å². The number of carbonyl (C=O) groups excluding carboxylic acids is 1. The van der Waals surface area contributed by atoms with E-state index in [1.165, 1.54) is 35.5 Å². The molecule has 5 aliphatic rings. The maximum Gasteiger partial charge on any atom is 0.427 e. The Balaban J connectivity index is 1.09. The Morgan fingerprint density at radius 1 is 1.03 bits per heavy atom. The molecule has 6 heterocycles. The number of fused-ring (bicyclic) bond motifs is 3. The van der Waals surface area contributed by atoms with Gasteiger partial charge in [0, 0.05) is 61.5 Å². The van der Waals surface area contributed by atoms with Gasteiger partial charge in [-0.1, -0.05) is 43.2 Å². The molecule has 2 fully saturated rings. The van der Waals surface area contributed by atoms with E-state index >= 15 is 8.42 Å². The number of alkyl halides is 3. The van der Waals surface area contributed by atoms with Crippen molar-refractivity contribution in [2.24, 2.45) is 11.1 Å². The second kappa shape index (κ2) is 18.2. The minimum Gasteiger partial charge on any atom is -0.489 e. The Labute approximate surface area is 405 Å². The number of sulfone groups is 1. The Hall–Kier alpha value is -6.13. The maximum atomic E-state index is 15.8. The number of nitrogens with zero attached hydrogens (tertiary/aromatic N) is 5. The lowest BCUT2D eigenvalue weighted by molar-refractivity contribution is -0.384. The van der Waals surface area contributed by atoms with E-state index in [2.05, 4.69) is 34.0 Å². The van der Waals surface area contributed by atoms with Crippen molar-refractivity contribution < 1.29 is 50.3 Å². The van der Waals surface area contributed by atoms with Crippen molar-refractivity contribution in [2.45, 2.75) is 67.3 Å². The van der Waals surface area contributed by atoms with Gasteiger partial charge >= 0.3 is 6.18 Å². The van der Waals surface area contributed by atoms with Gasteiger partial charge in [-0.3, -0.25) is 19.8 Å². The smallest absolute Gasteiger partial charge is 0.427 e. The molecule has 1 aliphatic carbocycles. The van der Waals surface area contributed by atoms with E-state index in [1.54, 1.807) is 11.0 Å². The molecular formula is C48H50ClF3N8O9S. The van der Waals surface area contributed by atoms with Gasteiger partial charge in [0.15, 0.2) is 11.4 Å². The van der Waals surface area contributed by atoms with Crippen LogP contribution in [-0.2, 0) is 19.3 Å². The minimum atomic E-state index is -5.08. The third kappa shape index (κ3) is 9.08. The highest BCUT2D eigenvalue weighted by atomic mass is 35.5. The number of allylic oxidation sites excluding steroid dienone is 1. The number of pyridine rings is 1. The van der Waals surface area contributed by atoms with Crippen LogP contribution in [0.5, 0.6) is 11.6 Å². The normalized spacial score (nSPS) is 21.9. The number of nitro groups is 1. The lowest BCUT2D eigenvalue weighted by Crippen LogP contribution is -2.48. The SMILES string of the molecule is CC1(C)CCC(CN2CCN(c3ccc(C(N)=O)c(N4C[C@@H](C(F)(F)F)Oc5nc6[nH]ccc6cc54)c3S(=O)(=O)c3cc4c(c([N+](=O)[O-])c3)N[C@@H]([C@H]3COCCO3)CO4)CC2)=C(c2ccc(Cl)cc2)C1. The van der Waals surface area contributed by atoms with E-state index in [1.807, 2.05) is 24.3 Å². The van der Waals surface area contributed by atoms with Crippen LogP contribution >= 0.6 is 11.6 Å². The predicted octanol–water partition coefficient (Wildman–Crippen LogP) is 7.89. The van der Waals surface area contributed by atoms with Crippen LogP contribution in [0.4, 0.5) is 41.6 Å². The number of rotatable bonds is 10. The Bertz CT molecular complexity index is 3030. The van der Waals surface area contributed by atoms with Crippen LogP contribution in [0.15, 0.2) is 82.2 Å². The summed E-state index contributed by atoms with van der Waals surface area (Å²) in [6.07, 6.45) is -3.79. The molecule has 1 amide bonds. The number of anilines is 4. The van der Waals surface area contributed by atoms with Gasteiger partial charge in [-0.15, -0.1) is 0 Å². The summed E-state index contributed by atoms with van der Waals surface area (Å²) in [6, 6.07) is 15.1. The number of nitrogens with two attached hydrogens (primary N) is 1. The van der Waals surface area contributed by atoms with Crippen molar-refractivity contribution in [3.63, 3.8) is 0 Å². The van der Waals surface area contributed by atoms with Gasteiger partial charge in [-0.25, -0.2) is 8.42 Å². The van der Waals surface area contributed by atoms with Crippen LogP contribution in [0.25, 0.3) is 16.6 Å². The molecule has 2 aromatic heterocycles. The molecule has 10 rings (SSSR count). The summed E-state index contributed by atoms with van der Waals surface area (Å²) in [5.41, 5.74) is 8.30. The second-order valence-corrected chi connectivity index (χ2v) is 21.3. The van der Waals surface area contributed by atoms with Crippen LogP contribution in [-0.4, -0.2) is 124 Å². The maximum absolute atomic E-state index is 15.8. The molecule has 0 radical (unpaired) electrons. The summed E-state index contributed by atoms with van der Waals surface area (Å²) in [5.74, 6) is -1.78. The fraction of sp³-hybridized carbons (Fsp3) is 0.417. The number of benzene rings is 3. The van der Waals surface area contributed by atoms with E-state index in [0.29, 0.717) is 43.3 Å². The third-order valence-electron chi connectivity index (χ3n) is 13.8. The molecular weight excluding hydrogens is 957 g/mol. The first-order chi connectivity index (χ1) is 33.3. The average molecular weight is 1010 g/mol. The van der Waals surface area contributed by atoms with Crippen molar-refractivity contribution in [3.05, 3.63) is 98.7 Å². The van der Waals surface area contributed by atoms with Gasteiger partial charge in [0.1, 0.15) is 28.9 Å². The molecule has 5 aromatic rings. The highest BCUT2D eigenvalue weighted by Gasteiger charge is 2.49. The molecule has 4 N–H and O–H groups in total. The summed E-state index contributed by atoms with van der Waals surface area (Å²) in [4.78, 5) is 36.8. The number of ether oxygens (including phenoxy) is 4. The Kier molecular flexibility index (Phi) is 12.4. The number of primary amides is 1. The number of hydrogen-bond acceptors (Lipinski definition) is 14. The standard InChI is InChI=1S/C48H50ClF3N8O9S/c1-47(2)11-9-29(33(22-47)27-3-5-30(49)6-4-27)23-57-13-15-58(16-14-57)35-8-7-32(44(53)61)42(59-24-40(48(50,51)52)69-46-37(59)19-28-10-12-54-45(28)56-46)43(35)70(64,65)31-20-36(60(62)63)41-38(21-31)68-25-34(55-41)39-26-66-17-18-67-39/h3-8,10,12,19-21,34,39-40,55H,9,11,13-18,22-26H2,1-2H3,(H2,53,61)(H,54,56)/t34-,39-,40+/m1/s1. The summed E-state index contributed by atoms with van der Waals surface area (Å²) < 4.78 is 99.1. The topological polar surface area (TPSA) is 208 Å². The Morgan fingerprint density at radius 3 is 2.50 bits per heavy atom. The number of nitrogens with one attached hydrogen (secondary N) is 2. The predicted molar refractivity (Wildman–Crippen MR) is 255 cm³/mol. The van der Waals surface area contributed by atoms with Gasteiger partial charge in [-0.2, -0.15) is 18.2 Å². The molecule has 4 aliphatic heterocycles. The first-order valence-corrected chi connectivity index (χ1v) is 24.8. The number of aromatic nitrogens is 2. The van der Waals surface area contributed by atoms with E-state index in [-0.39, 0.29) is 60.2 Å². The lowest BCUT2D eigenvalue weighted by atomic mass is 9.72. The first kappa shape index (κ1) is 47.5. The van der Waals surface area contributed by atoms with Crippen LogP contribution in [0.2, 0.25) is 5.02 Å². The average Bonchev–Trinajstić information content (AvgIpc) is 3.80. The van der Waals surface area contributed by atoms with Crippen LogP contribution < -0.4 is 30.3 Å². The number of aromatic amines is 1. The molecule has 0 saturated carbocycles. The van der Waals surface area contributed by atoms with Gasteiger partial charge in [0.25, 0.3) is 11.6 Å². The minimum absolute atomic E-state index is 0.0429. The zero-order valence-corrected chi connectivity index (χ0v) is 39.8. The summed E-state index contributed by atoms with van der Waals surface area (Å²) >= 11 is 6.27. The fourth-order valence-electron chi connectivity index (χ4n) is 10.1. The molecule has 22 heteroatoms. The van der Waals surface area contributed by atoms with Gasteiger partial charge in [-0.05, 0) is 72.2 Å². The highest BCUT2D eigenvalue weighted by Crippen LogP contribution is 2.51. The van der Waals surface area contributed by atoms with E-state index < -0.39 is 84.2 Å². The van der Waals surface area contributed by atoms with Gasteiger partial charge < -0.3 is 44.8 Å². The molecule has 0 bridgehead atoms.